The van der Waals surface area contributed by atoms with Crippen molar-refractivity contribution in [3.8, 4) is 5.69 Å². The van der Waals surface area contributed by atoms with Crippen LogP contribution >= 0.6 is 0 Å². The molecular formula is C18H22FN3O2. The highest BCUT2D eigenvalue weighted by molar-refractivity contribution is 5.96. The second-order valence-corrected chi connectivity index (χ2v) is 6.40. The van der Waals surface area contributed by atoms with Crippen LogP contribution in [0.1, 0.15) is 35.6 Å². The zero-order valence-electron chi connectivity index (χ0n) is 14.4. The van der Waals surface area contributed by atoms with Gasteiger partial charge < -0.3 is 9.64 Å². The lowest BCUT2D eigenvalue weighted by Crippen LogP contribution is -2.48. The summed E-state index contributed by atoms with van der Waals surface area (Å²) in [6, 6.07) is 6.08. The van der Waals surface area contributed by atoms with Gasteiger partial charge in [0.25, 0.3) is 5.91 Å². The van der Waals surface area contributed by atoms with E-state index in [-0.39, 0.29) is 23.9 Å². The molecule has 1 aromatic carbocycles. The van der Waals surface area contributed by atoms with Crippen molar-refractivity contribution in [2.75, 3.05) is 13.1 Å². The number of ether oxygens (including phenoxy) is 1. The van der Waals surface area contributed by atoms with Gasteiger partial charge in [0.1, 0.15) is 5.82 Å². The van der Waals surface area contributed by atoms with E-state index < -0.39 is 0 Å². The SMILES string of the molecule is Cc1nn(-c2ccc(F)cc2)c(C)c1C(=O)N1CC(C)OC(C)C1. The zero-order chi connectivity index (χ0) is 17.4. The van der Waals surface area contributed by atoms with E-state index in [0.717, 1.165) is 11.4 Å². The van der Waals surface area contributed by atoms with Gasteiger partial charge in [-0.3, -0.25) is 4.79 Å². The molecule has 0 bridgehead atoms. The van der Waals surface area contributed by atoms with Crippen molar-refractivity contribution < 1.29 is 13.9 Å². The molecule has 3 rings (SSSR count). The highest BCUT2D eigenvalue weighted by Gasteiger charge is 2.30. The maximum absolute atomic E-state index is 13.1. The second kappa shape index (κ2) is 6.36. The Hall–Kier alpha value is -2.21. The van der Waals surface area contributed by atoms with E-state index in [4.69, 9.17) is 4.74 Å². The third kappa shape index (κ3) is 3.06. The average Bonchev–Trinajstić information content (AvgIpc) is 2.81. The topological polar surface area (TPSA) is 47.4 Å². The minimum atomic E-state index is -0.298. The number of nitrogens with zero attached hydrogens (tertiary/aromatic N) is 3. The van der Waals surface area contributed by atoms with Gasteiger partial charge in [-0.25, -0.2) is 9.07 Å². The van der Waals surface area contributed by atoms with Gasteiger partial charge in [0, 0.05) is 13.1 Å². The predicted molar refractivity (Wildman–Crippen MR) is 88.9 cm³/mol. The quantitative estimate of drug-likeness (QED) is 0.850. The monoisotopic (exact) mass is 331 g/mol. The molecule has 6 heteroatoms. The predicted octanol–water partition coefficient (Wildman–Crippen LogP) is 2.88. The largest absolute Gasteiger partial charge is 0.372 e. The molecule has 5 nitrogen and oxygen atoms in total. The molecule has 2 aromatic rings. The van der Waals surface area contributed by atoms with E-state index in [2.05, 4.69) is 5.10 Å². The maximum Gasteiger partial charge on any atom is 0.257 e. The lowest BCUT2D eigenvalue weighted by Gasteiger charge is -2.35. The maximum atomic E-state index is 13.1. The number of rotatable bonds is 2. The van der Waals surface area contributed by atoms with Crippen LogP contribution < -0.4 is 0 Å². The van der Waals surface area contributed by atoms with Gasteiger partial charge in [0.2, 0.25) is 0 Å². The zero-order valence-corrected chi connectivity index (χ0v) is 14.4. The number of benzene rings is 1. The number of amides is 1. The Morgan fingerprint density at radius 3 is 2.33 bits per heavy atom. The highest BCUT2D eigenvalue weighted by atomic mass is 19.1. The van der Waals surface area contributed by atoms with Gasteiger partial charge in [-0.2, -0.15) is 5.10 Å². The van der Waals surface area contributed by atoms with Crippen LogP contribution in [0.2, 0.25) is 0 Å². The minimum absolute atomic E-state index is 0.0189. The summed E-state index contributed by atoms with van der Waals surface area (Å²) in [5.41, 5.74) is 2.78. The van der Waals surface area contributed by atoms with E-state index in [9.17, 15) is 9.18 Å². The number of carbonyl (C=O) groups excluding carboxylic acids is 1. The summed E-state index contributed by atoms with van der Waals surface area (Å²) >= 11 is 0. The van der Waals surface area contributed by atoms with Crippen LogP contribution in [0.25, 0.3) is 5.69 Å². The van der Waals surface area contributed by atoms with Gasteiger partial charge >= 0.3 is 0 Å². The van der Waals surface area contributed by atoms with E-state index in [1.165, 1.54) is 12.1 Å². The van der Waals surface area contributed by atoms with Crippen molar-refractivity contribution in [1.29, 1.82) is 0 Å². The summed E-state index contributed by atoms with van der Waals surface area (Å²) in [6.07, 6.45) is 0.0379. The van der Waals surface area contributed by atoms with Gasteiger partial charge in [-0.15, -0.1) is 0 Å². The third-order valence-electron chi connectivity index (χ3n) is 4.28. The average molecular weight is 331 g/mol. The molecule has 1 aromatic heterocycles. The van der Waals surface area contributed by atoms with Crippen LogP contribution in [0.15, 0.2) is 24.3 Å². The molecule has 24 heavy (non-hydrogen) atoms. The first kappa shape index (κ1) is 16.6. The van der Waals surface area contributed by atoms with Crippen LogP contribution in [0, 0.1) is 19.7 Å². The Bertz CT molecular complexity index is 744. The molecule has 2 unspecified atom stereocenters. The van der Waals surface area contributed by atoms with Crippen LogP contribution in [0.5, 0.6) is 0 Å². The number of aromatic nitrogens is 2. The van der Waals surface area contributed by atoms with E-state index in [1.54, 1.807) is 16.8 Å². The van der Waals surface area contributed by atoms with Crippen molar-refractivity contribution in [1.82, 2.24) is 14.7 Å². The number of morpholine rings is 1. The summed E-state index contributed by atoms with van der Waals surface area (Å²) in [5, 5.41) is 4.48. The molecular weight excluding hydrogens is 309 g/mol. The first-order chi connectivity index (χ1) is 11.4. The standard InChI is InChI=1S/C18H22FN3O2/c1-11-9-21(10-12(2)24-11)18(23)17-13(3)20-22(14(17)4)16-7-5-15(19)6-8-16/h5-8,11-12H,9-10H2,1-4H3. The Balaban J connectivity index is 1.94. The molecule has 0 aliphatic carbocycles. The molecule has 0 spiro atoms. The fourth-order valence-electron chi connectivity index (χ4n) is 3.29. The smallest absolute Gasteiger partial charge is 0.257 e. The fourth-order valence-corrected chi connectivity index (χ4v) is 3.29. The molecule has 1 aliphatic rings. The number of hydrogen-bond acceptors (Lipinski definition) is 3. The third-order valence-corrected chi connectivity index (χ3v) is 4.28. The van der Waals surface area contributed by atoms with Gasteiger partial charge in [0.05, 0.1) is 34.8 Å². The fraction of sp³-hybridized carbons (Fsp3) is 0.444. The lowest BCUT2D eigenvalue weighted by molar-refractivity contribution is -0.0586. The molecule has 0 N–H and O–H groups in total. The number of carbonyl (C=O) groups is 1. The van der Waals surface area contributed by atoms with Gasteiger partial charge in [-0.1, -0.05) is 0 Å². The molecule has 1 aliphatic heterocycles. The van der Waals surface area contributed by atoms with Crippen molar-refractivity contribution in [2.45, 2.75) is 39.9 Å². The van der Waals surface area contributed by atoms with Gasteiger partial charge in [-0.05, 0) is 52.0 Å². The van der Waals surface area contributed by atoms with Crippen molar-refractivity contribution in [2.24, 2.45) is 0 Å². The Morgan fingerprint density at radius 2 is 1.75 bits per heavy atom. The molecule has 1 fully saturated rings. The lowest BCUT2D eigenvalue weighted by atomic mass is 10.1. The molecule has 0 saturated carbocycles. The summed E-state index contributed by atoms with van der Waals surface area (Å²) < 4.78 is 20.5. The molecule has 1 amide bonds. The van der Waals surface area contributed by atoms with Crippen LogP contribution in [0.4, 0.5) is 4.39 Å². The first-order valence-electron chi connectivity index (χ1n) is 8.13. The molecule has 2 atom stereocenters. The summed E-state index contributed by atoms with van der Waals surface area (Å²) in [4.78, 5) is 14.8. The Kier molecular flexibility index (Phi) is 4.41. The molecule has 0 radical (unpaired) electrons. The second-order valence-electron chi connectivity index (χ2n) is 6.40. The number of hydrogen-bond donors (Lipinski definition) is 0. The van der Waals surface area contributed by atoms with E-state index >= 15 is 0 Å². The summed E-state index contributed by atoms with van der Waals surface area (Å²) in [7, 11) is 0. The molecule has 1 saturated heterocycles. The number of aryl methyl sites for hydroxylation is 1. The van der Waals surface area contributed by atoms with Crippen LogP contribution in [0.3, 0.4) is 0 Å². The van der Waals surface area contributed by atoms with Crippen molar-refractivity contribution >= 4 is 5.91 Å². The Labute approximate surface area is 141 Å². The minimum Gasteiger partial charge on any atom is -0.372 e. The molecule has 2 heterocycles. The van der Waals surface area contributed by atoms with Crippen LogP contribution in [-0.4, -0.2) is 45.9 Å². The van der Waals surface area contributed by atoms with Crippen LogP contribution in [-0.2, 0) is 4.74 Å². The van der Waals surface area contributed by atoms with Crippen molar-refractivity contribution in [3.63, 3.8) is 0 Å². The van der Waals surface area contributed by atoms with E-state index in [0.29, 0.717) is 24.3 Å². The normalized spacial score (nSPS) is 21.1. The van der Waals surface area contributed by atoms with Crippen molar-refractivity contribution in [3.05, 3.63) is 47.0 Å². The Morgan fingerprint density at radius 1 is 1.17 bits per heavy atom. The first-order valence-corrected chi connectivity index (χ1v) is 8.13. The molecule has 128 valence electrons. The van der Waals surface area contributed by atoms with Gasteiger partial charge in [0.15, 0.2) is 0 Å². The highest BCUT2D eigenvalue weighted by Crippen LogP contribution is 2.22. The summed E-state index contributed by atoms with van der Waals surface area (Å²) in [5.74, 6) is -0.326. The number of halogens is 1. The van der Waals surface area contributed by atoms with E-state index in [1.807, 2.05) is 32.6 Å². The summed E-state index contributed by atoms with van der Waals surface area (Å²) in [6.45, 7) is 8.78.